The normalized spacial score (nSPS) is 19.9. The van der Waals surface area contributed by atoms with E-state index in [9.17, 15) is 4.79 Å². The Morgan fingerprint density at radius 3 is 2.94 bits per heavy atom. The largest absolute Gasteiger partial charge is 0.375 e. The monoisotopic (exact) mass is 462 g/mol. The molecule has 0 radical (unpaired) electrons. The van der Waals surface area contributed by atoms with Gasteiger partial charge in [0.2, 0.25) is 5.79 Å². The van der Waals surface area contributed by atoms with Crippen LogP contribution in [-0.2, 0) is 12.3 Å². The Hall–Kier alpha value is -3.32. The number of aromatic nitrogens is 2. The van der Waals surface area contributed by atoms with Gasteiger partial charge in [-0.15, -0.1) is 0 Å². The van der Waals surface area contributed by atoms with Crippen LogP contribution in [0.5, 0.6) is 0 Å². The van der Waals surface area contributed by atoms with Crippen LogP contribution in [0.25, 0.3) is 0 Å². The lowest BCUT2D eigenvalue weighted by molar-refractivity contribution is -0.0887. The second-order valence-corrected chi connectivity index (χ2v) is 9.18. The minimum atomic E-state index is -1.56. The Bertz CT molecular complexity index is 1280. The summed E-state index contributed by atoms with van der Waals surface area (Å²) in [5.41, 5.74) is 8.25. The van der Waals surface area contributed by atoms with Crippen molar-refractivity contribution in [1.29, 1.82) is 0 Å². The number of anilines is 2. The lowest BCUT2D eigenvalue weighted by atomic mass is 9.98. The number of nitrogen functional groups attached to an aromatic ring is 1. The summed E-state index contributed by atoms with van der Waals surface area (Å²) in [6.07, 6.45) is 3.20. The third-order valence-corrected chi connectivity index (χ3v) is 6.81. The van der Waals surface area contributed by atoms with E-state index in [4.69, 9.17) is 5.73 Å². The molecule has 1 aromatic carbocycles. The van der Waals surface area contributed by atoms with Crippen LogP contribution in [0.15, 0.2) is 42.7 Å². The summed E-state index contributed by atoms with van der Waals surface area (Å²) in [5, 5.41) is 3.27. The Morgan fingerprint density at radius 2 is 2.15 bits per heavy atom. The van der Waals surface area contributed by atoms with Crippen LogP contribution >= 0.6 is 11.3 Å². The number of hydrogen-bond donors (Lipinski definition) is 2. The first-order chi connectivity index (χ1) is 15.9. The predicted octanol–water partition coefficient (Wildman–Crippen LogP) is 3.05. The van der Waals surface area contributed by atoms with Gasteiger partial charge < -0.3 is 11.1 Å². The summed E-state index contributed by atoms with van der Waals surface area (Å²) in [6, 6.07) is 8.73. The van der Waals surface area contributed by atoms with E-state index in [2.05, 4.69) is 32.0 Å². The molecule has 2 aliphatic rings. The summed E-state index contributed by atoms with van der Waals surface area (Å²) in [5.74, 6) is 4.50. The number of carbonyl (C=O) groups excluding carboxylic acids is 1. The summed E-state index contributed by atoms with van der Waals surface area (Å²) in [6.45, 7) is 5.25. The summed E-state index contributed by atoms with van der Waals surface area (Å²) >= 11 is 1.31. The number of nitrogens with zero attached hydrogens (tertiary/aromatic N) is 4. The van der Waals surface area contributed by atoms with Crippen molar-refractivity contribution < 1.29 is 9.18 Å². The average Bonchev–Trinajstić information content (AvgIpc) is 3.37. The standard InChI is InChI=1S/C24H23FN6OS/c1-2-30-9-10-31-14-18-5-4-17(12-20(18)24(31,25)15-30)22(32)29-21-11-16(7-8-27-21)3-6-19-13-28-23(26)33-19/h4-5,7-8,11-13H,2,9-10,14-15H2,1H3,(H2,26,28)(H,27,29,32). The molecule has 3 aromatic rings. The Kier molecular flexibility index (Phi) is 5.58. The van der Waals surface area contributed by atoms with Crippen LogP contribution in [0.4, 0.5) is 15.3 Å². The van der Waals surface area contributed by atoms with Crippen LogP contribution in [0.1, 0.15) is 38.8 Å². The zero-order chi connectivity index (χ0) is 23.0. The third-order valence-electron chi connectivity index (χ3n) is 6.07. The van der Waals surface area contributed by atoms with Crippen molar-refractivity contribution in [3.05, 3.63) is 69.9 Å². The van der Waals surface area contributed by atoms with E-state index in [-0.39, 0.29) is 5.91 Å². The van der Waals surface area contributed by atoms with Gasteiger partial charge in [0, 0.05) is 42.5 Å². The Labute approximate surface area is 195 Å². The number of alkyl halides is 1. The first kappa shape index (κ1) is 21.5. The minimum absolute atomic E-state index is 0.315. The van der Waals surface area contributed by atoms with E-state index in [0.717, 1.165) is 23.5 Å². The third kappa shape index (κ3) is 4.20. The molecule has 1 unspecified atom stereocenters. The highest BCUT2D eigenvalue weighted by molar-refractivity contribution is 7.15. The second-order valence-electron chi connectivity index (χ2n) is 8.12. The van der Waals surface area contributed by atoms with Gasteiger partial charge >= 0.3 is 0 Å². The first-order valence-electron chi connectivity index (χ1n) is 10.7. The highest BCUT2D eigenvalue weighted by Crippen LogP contribution is 2.43. The van der Waals surface area contributed by atoms with E-state index in [1.54, 1.807) is 36.7 Å². The first-order valence-corrected chi connectivity index (χ1v) is 11.6. The molecule has 1 atom stereocenters. The van der Waals surface area contributed by atoms with E-state index in [1.165, 1.54) is 11.3 Å². The SMILES string of the molecule is CCN1CCN2Cc3ccc(C(=O)Nc4cc(C#Cc5cnc(N)s5)ccn4)cc3C2(F)C1. The van der Waals surface area contributed by atoms with E-state index >= 15 is 4.39 Å². The maximum atomic E-state index is 16.1. The fourth-order valence-electron chi connectivity index (χ4n) is 4.31. The van der Waals surface area contributed by atoms with Crippen LogP contribution in [0.3, 0.4) is 0 Å². The number of nitrogens with two attached hydrogens (primary N) is 1. The zero-order valence-corrected chi connectivity index (χ0v) is 19.0. The smallest absolute Gasteiger partial charge is 0.256 e. The van der Waals surface area contributed by atoms with Crippen molar-refractivity contribution in [3.8, 4) is 11.8 Å². The van der Waals surface area contributed by atoms with Gasteiger partial charge in [0.25, 0.3) is 5.91 Å². The quantitative estimate of drug-likeness (QED) is 0.460. The number of benzene rings is 1. The second kappa shape index (κ2) is 8.56. The number of pyridine rings is 1. The molecule has 1 fully saturated rings. The highest BCUT2D eigenvalue weighted by atomic mass is 32.1. The number of likely N-dealkylation sites (N-methyl/N-ethyl adjacent to an activating group) is 1. The molecule has 0 spiro atoms. The lowest BCUT2D eigenvalue weighted by Crippen LogP contribution is -2.54. The molecule has 5 rings (SSSR count). The number of carbonyl (C=O) groups is 1. The molecule has 1 saturated heterocycles. The van der Waals surface area contributed by atoms with Crippen LogP contribution in [0, 0.1) is 11.8 Å². The average molecular weight is 463 g/mol. The van der Waals surface area contributed by atoms with Crippen molar-refractivity contribution in [2.75, 3.05) is 37.2 Å². The molecule has 2 aliphatic heterocycles. The molecule has 1 amide bonds. The molecule has 0 aliphatic carbocycles. The van der Waals surface area contributed by atoms with Gasteiger partial charge in [-0.25, -0.2) is 14.4 Å². The van der Waals surface area contributed by atoms with E-state index in [0.29, 0.717) is 47.3 Å². The molecule has 9 heteroatoms. The number of nitrogens with one attached hydrogen (secondary N) is 1. The summed E-state index contributed by atoms with van der Waals surface area (Å²) in [4.78, 5) is 25.9. The molecule has 2 aromatic heterocycles. The highest BCUT2D eigenvalue weighted by Gasteiger charge is 2.49. The predicted molar refractivity (Wildman–Crippen MR) is 126 cm³/mol. The topological polar surface area (TPSA) is 87.4 Å². The maximum Gasteiger partial charge on any atom is 0.256 e. The fourth-order valence-corrected chi connectivity index (χ4v) is 4.84. The van der Waals surface area contributed by atoms with E-state index < -0.39 is 5.79 Å². The number of piperazine rings is 1. The number of thiazole rings is 1. The number of amides is 1. The molecule has 0 bridgehead atoms. The van der Waals surface area contributed by atoms with E-state index in [1.807, 2.05) is 17.9 Å². The number of halogens is 1. The fraction of sp³-hybridized carbons (Fsp3) is 0.292. The summed E-state index contributed by atoms with van der Waals surface area (Å²) < 4.78 is 16.1. The summed E-state index contributed by atoms with van der Waals surface area (Å²) in [7, 11) is 0. The number of rotatable bonds is 3. The molecule has 7 nitrogen and oxygen atoms in total. The van der Waals surface area contributed by atoms with Crippen LogP contribution in [-0.4, -0.2) is 51.9 Å². The van der Waals surface area contributed by atoms with Gasteiger partial charge in [0.1, 0.15) is 5.82 Å². The van der Waals surface area contributed by atoms with Crippen LogP contribution < -0.4 is 11.1 Å². The van der Waals surface area contributed by atoms with Crippen molar-refractivity contribution in [2.45, 2.75) is 19.3 Å². The van der Waals surface area contributed by atoms with Crippen molar-refractivity contribution in [2.24, 2.45) is 0 Å². The zero-order valence-electron chi connectivity index (χ0n) is 18.1. The lowest BCUT2D eigenvalue weighted by Gasteiger charge is -2.41. The molecule has 0 saturated carbocycles. The molecule has 168 valence electrons. The molecule has 33 heavy (non-hydrogen) atoms. The van der Waals surface area contributed by atoms with Gasteiger partial charge in [-0.2, -0.15) is 0 Å². The Balaban J connectivity index is 1.35. The van der Waals surface area contributed by atoms with Gasteiger partial charge in [0.05, 0.1) is 17.6 Å². The van der Waals surface area contributed by atoms with Crippen molar-refractivity contribution >= 4 is 28.2 Å². The maximum absolute atomic E-state index is 16.1. The van der Waals surface area contributed by atoms with Crippen LogP contribution in [0.2, 0.25) is 0 Å². The molecular weight excluding hydrogens is 439 g/mol. The molecular formula is C24H23FN6OS. The molecule has 3 N–H and O–H groups in total. The van der Waals surface area contributed by atoms with Gasteiger partial charge in [-0.3, -0.25) is 14.6 Å². The van der Waals surface area contributed by atoms with Gasteiger partial charge in [-0.1, -0.05) is 30.2 Å². The van der Waals surface area contributed by atoms with Crippen molar-refractivity contribution in [3.63, 3.8) is 0 Å². The number of hydrogen-bond acceptors (Lipinski definition) is 7. The number of fused-ring (bicyclic) bond motifs is 3. The Morgan fingerprint density at radius 1 is 1.27 bits per heavy atom. The minimum Gasteiger partial charge on any atom is -0.375 e. The molecule has 4 heterocycles. The van der Waals surface area contributed by atoms with Gasteiger partial charge in [0.15, 0.2) is 5.13 Å². The van der Waals surface area contributed by atoms with Crippen molar-refractivity contribution in [1.82, 2.24) is 19.8 Å². The van der Waals surface area contributed by atoms with Gasteiger partial charge in [-0.05, 0) is 42.3 Å².